The van der Waals surface area contributed by atoms with E-state index < -0.39 is 5.66 Å². The van der Waals surface area contributed by atoms with E-state index in [4.69, 9.17) is 4.74 Å². The minimum atomic E-state index is -0.592. The van der Waals surface area contributed by atoms with Gasteiger partial charge in [0.05, 0.1) is 6.61 Å². The standard InChI is InChI=1S/C23H26N2O2/c1-4-27-20-12-8-5-9-17(20)13-15-23-22(2,3)18-10-6-7-11-19(18)25(23)16-14-21(26)24-23/h5-13,15H,4,14,16H2,1-3H3,(H,24,26)/b15-13+/t23-/m1/s1. The number of hydrogen-bond donors (Lipinski definition) is 1. The summed E-state index contributed by atoms with van der Waals surface area (Å²) in [7, 11) is 0. The molecule has 0 saturated carbocycles. The molecule has 1 saturated heterocycles. The highest BCUT2D eigenvalue weighted by Gasteiger charge is 2.57. The molecular formula is C23H26N2O2. The summed E-state index contributed by atoms with van der Waals surface area (Å²) in [6.07, 6.45) is 4.73. The normalized spacial score (nSPS) is 23.1. The average molecular weight is 362 g/mol. The van der Waals surface area contributed by atoms with Crippen LogP contribution >= 0.6 is 0 Å². The Bertz CT molecular complexity index is 903. The van der Waals surface area contributed by atoms with E-state index >= 15 is 0 Å². The van der Waals surface area contributed by atoms with Gasteiger partial charge in [-0.25, -0.2) is 0 Å². The van der Waals surface area contributed by atoms with Crippen LogP contribution in [0.25, 0.3) is 6.08 Å². The van der Waals surface area contributed by atoms with Crippen LogP contribution in [0, 0.1) is 0 Å². The monoisotopic (exact) mass is 362 g/mol. The molecule has 0 aromatic heterocycles. The molecule has 1 N–H and O–H groups in total. The molecule has 4 nitrogen and oxygen atoms in total. The maximum atomic E-state index is 12.4. The largest absolute Gasteiger partial charge is 0.493 e. The van der Waals surface area contributed by atoms with Crippen LogP contribution in [0.5, 0.6) is 5.75 Å². The van der Waals surface area contributed by atoms with Crippen molar-refractivity contribution in [2.45, 2.75) is 38.3 Å². The fourth-order valence-electron chi connectivity index (χ4n) is 4.43. The number of amides is 1. The second kappa shape index (κ2) is 6.45. The van der Waals surface area contributed by atoms with Crippen molar-refractivity contribution in [2.24, 2.45) is 0 Å². The minimum absolute atomic E-state index is 0.0925. The van der Waals surface area contributed by atoms with E-state index in [1.807, 2.05) is 31.2 Å². The zero-order valence-corrected chi connectivity index (χ0v) is 16.2. The summed E-state index contributed by atoms with van der Waals surface area (Å²) in [6.45, 7) is 7.73. The van der Waals surface area contributed by atoms with Gasteiger partial charge < -0.3 is 15.0 Å². The second-order valence-corrected chi connectivity index (χ2v) is 7.66. The molecule has 2 heterocycles. The first-order valence-corrected chi connectivity index (χ1v) is 9.59. The quantitative estimate of drug-likeness (QED) is 0.890. The molecule has 0 unspecified atom stereocenters. The highest BCUT2D eigenvalue weighted by Crippen LogP contribution is 2.52. The summed E-state index contributed by atoms with van der Waals surface area (Å²) in [5.74, 6) is 0.949. The van der Waals surface area contributed by atoms with Crippen LogP contribution in [-0.2, 0) is 10.2 Å². The Labute approximate surface area is 160 Å². The fraction of sp³-hybridized carbons (Fsp3) is 0.348. The summed E-state index contributed by atoms with van der Waals surface area (Å²) >= 11 is 0. The van der Waals surface area contributed by atoms with Crippen LogP contribution in [-0.4, -0.2) is 24.7 Å². The number of rotatable bonds is 4. The predicted molar refractivity (Wildman–Crippen MR) is 109 cm³/mol. The molecule has 2 aliphatic heterocycles. The van der Waals surface area contributed by atoms with Crippen molar-refractivity contribution in [3.63, 3.8) is 0 Å². The summed E-state index contributed by atoms with van der Waals surface area (Å²) in [6, 6.07) is 16.5. The molecule has 0 bridgehead atoms. The molecule has 1 atom stereocenters. The molecule has 0 spiro atoms. The highest BCUT2D eigenvalue weighted by atomic mass is 16.5. The van der Waals surface area contributed by atoms with Gasteiger partial charge in [0, 0.05) is 29.6 Å². The third-order valence-corrected chi connectivity index (χ3v) is 5.86. The summed E-state index contributed by atoms with van der Waals surface area (Å²) < 4.78 is 5.77. The first kappa shape index (κ1) is 17.7. The van der Waals surface area contributed by atoms with Crippen LogP contribution in [0.1, 0.15) is 38.3 Å². The van der Waals surface area contributed by atoms with Gasteiger partial charge >= 0.3 is 0 Å². The minimum Gasteiger partial charge on any atom is -0.493 e. The summed E-state index contributed by atoms with van der Waals surface area (Å²) in [5, 5.41) is 3.31. The van der Waals surface area contributed by atoms with Gasteiger partial charge in [-0.15, -0.1) is 0 Å². The zero-order valence-electron chi connectivity index (χ0n) is 16.2. The molecule has 4 rings (SSSR count). The Morgan fingerprint density at radius 3 is 2.70 bits per heavy atom. The van der Waals surface area contributed by atoms with Crippen molar-refractivity contribution in [2.75, 3.05) is 18.1 Å². The van der Waals surface area contributed by atoms with E-state index in [0.29, 0.717) is 19.6 Å². The number of fused-ring (bicyclic) bond motifs is 3. The van der Waals surface area contributed by atoms with Crippen molar-refractivity contribution in [3.8, 4) is 5.75 Å². The van der Waals surface area contributed by atoms with Crippen LogP contribution in [0.15, 0.2) is 54.6 Å². The maximum Gasteiger partial charge on any atom is 0.223 e. The maximum absolute atomic E-state index is 12.4. The first-order chi connectivity index (χ1) is 13.0. The lowest BCUT2D eigenvalue weighted by Gasteiger charge is -2.49. The summed E-state index contributed by atoms with van der Waals surface area (Å²) in [5.41, 5.74) is 2.61. The number of hydrogen-bond acceptors (Lipinski definition) is 3. The molecule has 0 radical (unpaired) electrons. The fourth-order valence-corrected chi connectivity index (χ4v) is 4.43. The third-order valence-electron chi connectivity index (χ3n) is 5.86. The van der Waals surface area contributed by atoms with E-state index in [0.717, 1.165) is 11.3 Å². The van der Waals surface area contributed by atoms with Gasteiger partial charge in [-0.1, -0.05) is 56.3 Å². The van der Waals surface area contributed by atoms with Gasteiger partial charge in [0.2, 0.25) is 5.91 Å². The summed E-state index contributed by atoms with van der Waals surface area (Å²) in [4.78, 5) is 14.8. The Morgan fingerprint density at radius 1 is 1.15 bits per heavy atom. The lowest BCUT2D eigenvalue weighted by atomic mass is 9.74. The molecule has 1 amide bonds. The second-order valence-electron chi connectivity index (χ2n) is 7.66. The van der Waals surface area contributed by atoms with E-state index in [1.165, 1.54) is 11.3 Å². The van der Waals surface area contributed by atoms with Gasteiger partial charge in [-0.2, -0.15) is 0 Å². The van der Waals surface area contributed by atoms with Gasteiger partial charge in [-0.3, -0.25) is 4.79 Å². The molecule has 2 aromatic rings. The van der Waals surface area contributed by atoms with Crippen LogP contribution in [0.2, 0.25) is 0 Å². The number of carbonyl (C=O) groups is 1. The van der Waals surface area contributed by atoms with Crippen molar-refractivity contribution in [1.29, 1.82) is 0 Å². The van der Waals surface area contributed by atoms with Crippen molar-refractivity contribution in [3.05, 3.63) is 65.7 Å². The number of carbonyl (C=O) groups excluding carboxylic acids is 1. The smallest absolute Gasteiger partial charge is 0.223 e. The molecule has 2 aliphatic rings. The Kier molecular flexibility index (Phi) is 4.22. The van der Waals surface area contributed by atoms with Gasteiger partial charge in [-0.05, 0) is 30.7 Å². The molecule has 4 heteroatoms. The Morgan fingerprint density at radius 2 is 1.89 bits per heavy atom. The van der Waals surface area contributed by atoms with Gasteiger partial charge in [0.15, 0.2) is 0 Å². The lowest BCUT2D eigenvalue weighted by molar-refractivity contribution is -0.124. The van der Waals surface area contributed by atoms with E-state index in [9.17, 15) is 4.79 Å². The Balaban J connectivity index is 1.82. The predicted octanol–water partition coefficient (Wildman–Crippen LogP) is 4.11. The van der Waals surface area contributed by atoms with E-state index in [1.54, 1.807) is 0 Å². The molecule has 140 valence electrons. The zero-order chi connectivity index (χ0) is 19.1. The van der Waals surface area contributed by atoms with E-state index in [-0.39, 0.29) is 11.3 Å². The van der Waals surface area contributed by atoms with Crippen LogP contribution < -0.4 is 15.0 Å². The van der Waals surface area contributed by atoms with Gasteiger partial charge in [0.25, 0.3) is 0 Å². The van der Waals surface area contributed by atoms with Crippen molar-refractivity contribution < 1.29 is 9.53 Å². The van der Waals surface area contributed by atoms with E-state index in [2.05, 4.69) is 60.5 Å². The lowest BCUT2D eigenvalue weighted by Crippen LogP contribution is -2.68. The molecular weight excluding hydrogens is 336 g/mol. The SMILES string of the molecule is CCOc1ccccc1/C=C/[C@@]12NC(=O)CCN1c1ccccc1C2(C)C. The average Bonchev–Trinajstić information content (AvgIpc) is 2.86. The van der Waals surface area contributed by atoms with Gasteiger partial charge in [0.1, 0.15) is 11.4 Å². The number of para-hydroxylation sites is 2. The first-order valence-electron chi connectivity index (χ1n) is 9.59. The third kappa shape index (κ3) is 2.62. The molecule has 27 heavy (non-hydrogen) atoms. The van der Waals surface area contributed by atoms with Crippen LogP contribution in [0.4, 0.5) is 5.69 Å². The number of nitrogens with zero attached hydrogens (tertiary/aromatic N) is 1. The molecule has 2 aromatic carbocycles. The Hall–Kier alpha value is -2.75. The number of nitrogens with one attached hydrogen (secondary N) is 1. The van der Waals surface area contributed by atoms with Crippen molar-refractivity contribution in [1.82, 2.24) is 5.32 Å². The topological polar surface area (TPSA) is 41.6 Å². The number of ether oxygens (including phenoxy) is 1. The van der Waals surface area contributed by atoms with Crippen LogP contribution in [0.3, 0.4) is 0 Å². The van der Waals surface area contributed by atoms with Crippen molar-refractivity contribution >= 4 is 17.7 Å². The highest BCUT2D eigenvalue weighted by molar-refractivity contribution is 5.84. The molecule has 0 aliphatic carbocycles. The number of benzene rings is 2. The number of anilines is 1. The molecule has 1 fully saturated rings.